The van der Waals surface area contributed by atoms with Gasteiger partial charge in [-0.05, 0) is 76.9 Å². The van der Waals surface area contributed by atoms with Gasteiger partial charge in [0.25, 0.3) is 0 Å². The van der Waals surface area contributed by atoms with Gasteiger partial charge in [-0.2, -0.15) is 0 Å². The summed E-state index contributed by atoms with van der Waals surface area (Å²) in [6.45, 7) is 17.1. The third-order valence-electron chi connectivity index (χ3n) is 12.8. The van der Waals surface area contributed by atoms with Crippen molar-refractivity contribution in [2.75, 3.05) is 27.1 Å². The van der Waals surface area contributed by atoms with Crippen molar-refractivity contribution in [1.82, 2.24) is 4.98 Å². The molecule has 4 heterocycles. The first-order valence-corrected chi connectivity index (χ1v) is 27.0. The van der Waals surface area contributed by atoms with Crippen molar-refractivity contribution < 1.29 is 42.1 Å². The van der Waals surface area contributed by atoms with Crippen LogP contribution in [0.15, 0.2) is 66.2 Å². The van der Waals surface area contributed by atoms with Crippen LogP contribution in [0, 0.1) is 24.2 Å². The van der Waals surface area contributed by atoms with Crippen LogP contribution in [0.5, 0.6) is 5.75 Å². The van der Waals surface area contributed by atoms with Crippen molar-refractivity contribution in [2.45, 2.75) is 132 Å². The molecule has 1 aliphatic carbocycles. The molecule has 1 aromatic heterocycles. The number of fused-ring (bicyclic) bond motifs is 10. The second-order valence-electron chi connectivity index (χ2n) is 17.7. The van der Waals surface area contributed by atoms with E-state index in [1.54, 1.807) is 12.1 Å². The van der Waals surface area contributed by atoms with E-state index in [0.717, 1.165) is 34.5 Å². The summed E-state index contributed by atoms with van der Waals surface area (Å²) in [5.41, 5.74) is 5.84. The van der Waals surface area contributed by atoms with Gasteiger partial charge in [-0.15, -0.1) is 6.42 Å². The Kier molecular flexibility index (Phi) is 14.6. The number of nitrogens with two attached hydrogens (primary N) is 1. The molecule has 2 aromatic carbocycles. The van der Waals surface area contributed by atoms with Crippen LogP contribution in [-0.4, -0.2) is 90.3 Å². The van der Waals surface area contributed by atoms with Gasteiger partial charge in [0.15, 0.2) is 44.8 Å². The number of nitrogens with zero attached hydrogens (tertiary/aromatic N) is 1. The number of esters is 1. The zero-order valence-corrected chi connectivity index (χ0v) is 39.7. The van der Waals surface area contributed by atoms with E-state index in [-0.39, 0.29) is 43.2 Å². The minimum Gasteiger partial charge on any atom is -0.480 e. The topological polar surface area (TPSA) is 133 Å². The minimum absolute atomic E-state index is 0.0419. The summed E-state index contributed by atoms with van der Waals surface area (Å²) in [7, 11) is -3.53. The Labute approximate surface area is 368 Å². The summed E-state index contributed by atoms with van der Waals surface area (Å²) in [5, 5.41) is 2.14. The van der Waals surface area contributed by atoms with Crippen molar-refractivity contribution in [3.63, 3.8) is 0 Å². The molecule has 7 rings (SSSR count). The number of rotatable bonds is 14. The minimum atomic E-state index is -2.56. The second kappa shape index (κ2) is 19.0. The van der Waals surface area contributed by atoms with E-state index in [9.17, 15) is 4.79 Å². The molecule has 1 saturated heterocycles. The van der Waals surface area contributed by atoms with E-state index < -0.39 is 64.3 Å². The molecule has 0 saturated carbocycles. The number of aromatic nitrogens is 1. The van der Waals surface area contributed by atoms with Gasteiger partial charge in [-0.3, -0.25) is 4.79 Å². The van der Waals surface area contributed by atoms with Crippen LogP contribution < -0.4 is 10.5 Å². The second-order valence-corrected chi connectivity index (χ2v) is 27.5. The molecule has 0 amide bonds. The van der Waals surface area contributed by atoms with Crippen LogP contribution in [-0.2, 0) is 43.9 Å². The molecule has 0 unspecified atom stereocenters. The predicted molar refractivity (Wildman–Crippen MR) is 242 cm³/mol. The van der Waals surface area contributed by atoms with Crippen molar-refractivity contribution in [3.05, 3.63) is 82.7 Å². The number of ether oxygens (including phenoxy) is 6. The lowest BCUT2D eigenvalue weighted by Crippen LogP contribution is -2.58. The van der Waals surface area contributed by atoms with E-state index in [0.29, 0.717) is 17.0 Å². The summed E-state index contributed by atoms with van der Waals surface area (Å²) in [6.07, 6.45) is 4.83. The molecule has 3 aromatic rings. The average Bonchev–Trinajstić information content (AvgIpc) is 3.91. The normalized spacial score (nSPS) is 26.8. The van der Waals surface area contributed by atoms with Crippen LogP contribution in [0.2, 0.25) is 41.4 Å². The molecule has 14 heteroatoms. The molecular weight excluding hydrogens is 828 g/mol. The van der Waals surface area contributed by atoms with Crippen LogP contribution in [0.4, 0.5) is 0 Å². The van der Waals surface area contributed by atoms with E-state index in [1.165, 1.54) is 7.11 Å². The van der Waals surface area contributed by atoms with E-state index in [4.69, 9.17) is 61.0 Å². The Morgan fingerprint density at radius 3 is 2.43 bits per heavy atom. The Hall–Kier alpha value is -3.58. The molecular formula is C47H61ClN2O9Si2. The Bertz CT molecular complexity index is 2180. The smallest absolute Gasteiger partial charge is 0.307 e. The highest BCUT2D eigenvalue weighted by molar-refractivity contribution is 6.74. The quantitative estimate of drug-likeness (QED) is 0.0417. The fraction of sp³-hybridized carbons (Fsp3) is 0.532. The number of methoxy groups -OCH3 is 1. The number of halogens is 1. The lowest BCUT2D eigenvalue weighted by Gasteiger charge is -2.43. The lowest BCUT2D eigenvalue weighted by atomic mass is 9.92. The SMILES string of the molecule is C#C[C@@H]1O[C@]12C1=C[C@H](Oc3ccc(nc3Cl)[C@H](N)CC(=O)OC[C@@H](OCOC)[C@](COCc3ccc4ccccc4c3)(O[Si](CC)(CC)CC)C#C1)[C@@H]2O[Si](C)(C)C(C)(C)C. The van der Waals surface area contributed by atoms with Crippen molar-refractivity contribution in [1.29, 1.82) is 0 Å². The maximum absolute atomic E-state index is 13.6. The molecule has 4 aliphatic rings. The highest BCUT2D eigenvalue weighted by Gasteiger charge is 2.70. The molecule has 2 N–H and O–H groups in total. The van der Waals surface area contributed by atoms with Gasteiger partial charge in [0.05, 0.1) is 31.4 Å². The number of carbonyl (C=O) groups is 1. The van der Waals surface area contributed by atoms with Gasteiger partial charge < -0.3 is 43.0 Å². The summed E-state index contributed by atoms with van der Waals surface area (Å²) in [5.74, 6) is 9.62. The van der Waals surface area contributed by atoms with Crippen LogP contribution in [0.1, 0.15) is 65.3 Å². The highest BCUT2D eigenvalue weighted by atomic mass is 35.5. The number of carbonyl (C=O) groups excluding carboxylic acids is 1. The van der Waals surface area contributed by atoms with Gasteiger partial charge >= 0.3 is 5.97 Å². The predicted octanol–water partition coefficient (Wildman–Crippen LogP) is 8.65. The monoisotopic (exact) mass is 888 g/mol. The maximum Gasteiger partial charge on any atom is 0.307 e. The molecule has 1 fully saturated rings. The third kappa shape index (κ3) is 9.98. The highest BCUT2D eigenvalue weighted by Crippen LogP contribution is 2.54. The zero-order chi connectivity index (χ0) is 44.2. The molecule has 328 valence electrons. The molecule has 7 atom stereocenters. The Morgan fingerprint density at radius 1 is 1.07 bits per heavy atom. The maximum atomic E-state index is 13.6. The third-order valence-corrected chi connectivity index (χ3v) is 22.2. The van der Waals surface area contributed by atoms with Crippen LogP contribution in [0.3, 0.4) is 0 Å². The Balaban J connectivity index is 1.54. The fourth-order valence-electron chi connectivity index (χ4n) is 7.76. The van der Waals surface area contributed by atoms with Gasteiger partial charge in [-0.25, -0.2) is 4.98 Å². The molecule has 3 aliphatic heterocycles. The van der Waals surface area contributed by atoms with Crippen molar-refractivity contribution in [2.24, 2.45) is 5.73 Å². The first kappa shape index (κ1) is 46.9. The number of epoxide rings is 1. The van der Waals surface area contributed by atoms with Crippen LogP contribution in [0.25, 0.3) is 10.8 Å². The van der Waals surface area contributed by atoms with Gasteiger partial charge in [0.2, 0.25) is 0 Å². The zero-order valence-electron chi connectivity index (χ0n) is 37.0. The van der Waals surface area contributed by atoms with Crippen molar-refractivity contribution >= 4 is 45.0 Å². The first-order valence-electron chi connectivity index (χ1n) is 21.2. The number of benzene rings is 2. The molecule has 1 spiro atoms. The summed E-state index contributed by atoms with van der Waals surface area (Å²) < 4.78 is 52.5. The van der Waals surface area contributed by atoms with E-state index in [2.05, 4.69) is 102 Å². The fourth-order valence-corrected chi connectivity index (χ4v) is 12.2. The standard InChI is InChI=1S/C47H61ClN2O9Si2/c1-11-40-47(57-40)35-23-24-46(59-61(12-2,13-3)14-4,30-53-28-32-19-20-33-17-15-16-18-34(33)25-32)41(55-31-52-8)29-54-42(51)27-36(49)37-21-22-38(44(48)50-37)56-39(26-35)43(47)58-60(9,10)45(5,6)7/h1,15-22,25-26,36,39-41,43H,12-14,27-31,49H2,2-10H3/t36-,39+,40+,41-,43+,46+,47-/m1/s1. The van der Waals surface area contributed by atoms with Gasteiger partial charge in [0, 0.05) is 12.7 Å². The number of hydrogen-bond donors (Lipinski definition) is 1. The summed E-state index contributed by atoms with van der Waals surface area (Å²) in [6, 6.07) is 19.3. The lowest BCUT2D eigenvalue weighted by molar-refractivity contribution is -0.176. The average molecular weight is 890 g/mol. The van der Waals surface area contributed by atoms with Crippen molar-refractivity contribution in [3.8, 4) is 29.9 Å². The van der Waals surface area contributed by atoms with Gasteiger partial charge in [-0.1, -0.05) is 107 Å². The Morgan fingerprint density at radius 2 is 1.79 bits per heavy atom. The van der Waals surface area contributed by atoms with Crippen LogP contribution >= 0.6 is 11.6 Å². The summed E-state index contributed by atoms with van der Waals surface area (Å²) >= 11 is 6.78. The molecule has 11 nitrogen and oxygen atoms in total. The van der Waals surface area contributed by atoms with E-state index >= 15 is 0 Å². The number of pyridine rings is 1. The number of terminal acetylenes is 1. The molecule has 0 radical (unpaired) electrons. The molecule has 61 heavy (non-hydrogen) atoms. The van der Waals surface area contributed by atoms with E-state index in [1.807, 2.05) is 24.3 Å². The largest absolute Gasteiger partial charge is 0.480 e. The molecule has 4 bridgehead atoms. The van der Waals surface area contributed by atoms with Gasteiger partial charge in [0.1, 0.15) is 31.7 Å². The number of hydrogen-bond acceptors (Lipinski definition) is 11. The first-order chi connectivity index (χ1) is 29.0. The summed E-state index contributed by atoms with van der Waals surface area (Å²) in [4.78, 5) is 18.1.